The van der Waals surface area contributed by atoms with Gasteiger partial charge in [-0.15, -0.1) is 0 Å². The lowest BCUT2D eigenvalue weighted by Gasteiger charge is -2.40. The van der Waals surface area contributed by atoms with Crippen LogP contribution >= 0.6 is 7.37 Å². The monoisotopic (exact) mass is 428 g/mol. The Morgan fingerprint density at radius 3 is 1.87 bits per heavy atom. The van der Waals surface area contributed by atoms with Crippen LogP contribution in [0.5, 0.6) is 0 Å². The number of carbonyl (C=O) groups excluding carboxylic acids is 1. The number of Topliss-reactive ketones (excluding diaryl/α,β-unsaturated/α-hetero) is 1. The maximum atomic E-state index is 14.8. The molecule has 0 N–H and O–H groups in total. The highest BCUT2D eigenvalue weighted by Gasteiger charge is 2.57. The van der Waals surface area contributed by atoms with Crippen molar-refractivity contribution >= 4 is 24.0 Å². The zero-order valence-electron chi connectivity index (χ0n) is 17.7. The smallest absolute Gasteiger partial charge is 0.253 e. The molecule has 0 radical (unpaired) electrons. The Balaban J connectivity index is 2.11. The molecule has 4 rings (SSSR count). The molecular formula is C27H25O3P. The van der Waals surface area contributed by atoms with Crippen LogP contribution in [-0.4, -0.2) is 12.9 Å². The molecule has 31 heavy (non-hydrogen) atoms. The molecule has 1 aliphatic heterocycles. The summed E-state index contributed by atoms with van der Waals surface area (Å²) in [6, 6.07) is 28.8. The number of allylic oxidation sites excluding steroid dienone is 3. The highest BCUT2D eigenvalue weighted by molar-refractivity contribution is 7.72. The Hall–Kier alpha value is -3.00. The van der Waals surface area contributed by atoms with Gasteiger partial charge in [-0.05, 0) is 34.4 Å². The van der Waals surface area contributed by atoms with Crippen LogP contribution < -0.4 is 0 Å². The maximum absolute atomic E-state index is 14.8. The van der Waals surface area contributed by atoms with Crippen molar-refractivity contribution in [2.45, 2.75) is 18.5 Å². The highest BCUT2D eigenvalue weighted by Crippen LogP contribution is 2.75. The lowest BCUT2D eigenvalue weighted by molar-refractivity contribution is -0.120. The van der Waals surface area contributed by atoms with Crippen LogP contribution in [0, 0.1) is 0 Å². The summed E-state index contributed by atoms with van der Waals surface area (Å²) in [4.78, 5) is 13.7. The highest BCUT2D eigenvalue weighted by atomic mass is 31.2. The maximum Gasteiger partial charge on any atom is 0.253 e. The van der Waals surface area contributed by atoms with Crippen LogP contribution in [0.3, 0.4) is 0 Å². The minimum absolute atomic E-state index is 0.126. The quantitative estimate of drug-likeness (QED) is 0.400. The molecule has 0 saturated heterocycles. The summed E-state index contributed by atoms with van der Waals surface area (Å²) in [5.41, 5.74) is 3.29. The Morgan fingerprint density at radius 1 is 0.839 bits per heavy atom. The molecule has 0 saturated carbocycles. The molecule has 0 unspecified atom stereocenters. The van der Waals surface area contributed by atoms with Gasteiger partial charge in [-0.3, -0.25) is 9.36 Å². The molecule has 3 aromatic rings. The Kier molecular flexibility index (Phi) is 5.91. The van der Waals surface area contributed by atoms with E-state index in [4.69, 9.17) is 4.52 Å². The predicted molar refractivity (Wildman–Crippen MR) is 127 cm³/mol. The third kappa shape index (κ3) is 3.44. The van der Waals surface area contributed by atoms with Crippen molar-refractivity contribution in [1.29, 1.82) is 0 Å². The van der Waals surface area contributed by atoms with Gasteiger partial charge in [0.1, 0.15) is 0 Å². The molecule has 0 fully saturated rings. The summed E-state index contributed by atoms with van der Waals surface area (Å²) in [6.45, 7) is 1.81. The van der Waals surface area contributed by atoms with Crippen LogP contribution in [-0.2, 0) is 19.0 Å². The van der Waals surface area contributed by atoms with E-state index in [0.717, 1.165) is 16.7 Å². The number of benzene rings is 3. The lowest BCUT2D eigenvalue weighted by atomic mass is 9.87. The third-order valence-corrected chi connectivity index (χ3v) is 8.93. The number of ketones is 1. The molecule has 0 spiro atoms. The molecule has 3 nitrogen and oxygen atoms in total. The summed E-state index contributed by atoms with van der Waals surface area (Å²) in [7, 11) is -2.24. The topological polar surface area (TPSA) is 43.4 Å². The van der Waals surface area contributed by atoms with Crippen molar-refractivity contribution in [1.82, 2.24) is 0 Å². The molecule has 4 heteroatoms. The molecule has 3 aromatic carbocycles. The largest absolute Gasteiger partial charge is 0.327 e. The van der Waals surface area contributed by atoms with Crippen molar-refractivity contribution in [3.63, 3.8) is 0 Å². The van der Waals surface area contributed by atoms with Crippen LogP contribution in [0.1, 0.15) is 30.0 Å². The fourth-order valence-electron chi connectivity index (χ4n) is 4.30. The van der Waals surface area contributed by atoms with Crippen LogP contribution in [0.2, 0.25) is 0 Å². The second-order valence-electron chi connectivity index (χ2n) is 7.50. The molecular weight excluding hydrogens is 403 g/mol. The van der Waals surface area contributed by atoms with Crippen molar-refractivity contribution in [2.24, 2.45) is 0 Å². The van der Waals surface area contributed by atoms with Crippen molar-refractivity contribution < 1.29 is 13.9 Å². The Morgan fingerprint density at radius 2 is 1.35 bits per heavy atom. The number of rotatable bonds is 6. The minimum atomic E-state index is -3.68. The first-order chi connectivity index (χ1) is 15.1. The van der Waals surface area contributed by atoms with Gasteiger partial charge in [0.15, 0.2) is 10.9 Å². The van der Waals surface area contributed by atoms with E-state index in [0.29, 0.717) is 10.9 Å². The second kappa shape index (κ2) is 8.63. The van der Waals surface area contributed by atoms with Gasteiger partial charge in [0, 0.05) is 18.8 Å². The molecule has 2 atom stereocenters. The molecule has 156 valence electrons. The van der Waals surface area contributed by atoms with Crippen LogP contribution in [0.4, 0.5) is 0 Å². The van der Waals surface area contributed by atoms with E-state index in [1.54, 1.807) is 0 Å². The molecule has 1 heterocycles. The summed E-state index contributed by atoms with van der Waals surface area (Å²) < 4.78 is 20.7. The minimum Gasteiger partial charge on any atom is -0.327 e. The van der Waals surface area contributed by atoms with E-state index in [-0.39, 0.29) is 12.2 Å². The second-order valence-corrected chi connectivity index (χ2v) is 10.2. The lowest BCUT2D eigenvalue weighted by Crippen LogP contribution is -2.36. The molecule has 0 bridgehead atoms. The number of hydrogen-bond donors (Lipinski definition) is 0. The summed E-state index contributed by atoms with van der Waals surface area (Å²) in [5.74, 6) is -0.126. The summed E-state index contributed by atoms with van der Waals surface area (Å²) in [6.07, 6.45) is 4.02. The van der Waals surface area contributed by atoms with Crippen molar-refractivity contribution in [2.75, 3.05) is 7.11 Å². The van der Waals surface area contributed by atoms with Gasteiger partial charge in [0.2, 0.25) is 0 Å². The van der Waals surface area contributed by atoms with Gasteiger partial charge in [-0.1, -0.05) is 97.9 Å². The van der Waals surface area contributed by atoms with E-state index < -0.39 is 12.5 Å². The molecule has 0 aromatic heterocycles. The van der Waals surface area contributed by atoms with E-state index in [2.05, 4.69) is 0 Å². The summed E-state index contributed by atoms with van der Waals surface area (Å²) >= 11 is 0. The Labute approximate surface area is 183 Å². The zero-order chi connectivity index (χ0) is 21.9. The van der Waals surface area contributed by atoms with Gasteiger partial charge in [-0.2, -0.15) is 0 Å². The normalized spacial score (nSPS) is 23.0. The first kappa shape index (κ1) is 21.2. The first-order valence-electron chi connectivity index (χ1n) is 10.4. The zero-order valence-corrected chi connectivity index (χ0v) is 18.6. The fourth-order valence-corrected chi connectivity index (χ4v) is 7.24. The Bertz CT molecular complexity index is 1180. The number of carbonyl (C=O) groups is 1. The summed E-state index contributed by atoms with van der Waals surface area (Å²) in [5, 5.41) is -0.842. The molecule has 0 amide bonds. The average Bonchev–Trinajstić information content (AvgIpc) is 2.85. The fraction of sp³-hybridized carbons (Fsp3) is 0.148. The van der Waals surface area contributed by atoms with Crippen molar-refractivity contribution in [3.05, 3.63) is 120 Å². The van der Waals surface area contributed by atoms with Gasteiger partial charge in [-0.25, -0.2) is 0 Å². The SMILES string of the molecule is CCC(=O)[C@@]1(c2ccccc2)C=C(c2ccccc2)C=C(c2ccccc2)[P@]1(=O)OC. The van der Waals surface area contributed by atoms with Crippen LogP contribution in [0.25, 0.3) is 10.9 Å². The van der Waals surface area contributed by atoms with Crippen LogP contribution in [0.15, 0.2) is 103 Å². The van der Waals surface area contributed by atoms with Gasteiger partial charge < -0.3 is 4.52 Å². The average molecular weight is 428 g/mol. The number of hydrogen-bond acceptors (Lipinski definition) is 3. The standard InChI is InChI=1S/C27H25O3P/c1-3-26(28)27(24-17-11-6-12-18-24)20-23(21-13-7-4-8-14-21)19-25(31(27,29)30-2)22-15-9-5-10-16-22/h4-20H,3H2,1-2H3/t27-,31-/m0/s1. The van der Waals surface area contributed by atoms with E-state index in [1.165, 1.54) is 7.11 Å². The van der Waals surface area contributed by atoms with Gasteiger partial charge in [0.05, 0.1) is 0 Å². The predicted octanol–water partition coefficient (Wildman–Crippen LogP) is 6.92. The molecule has 1 aliphatic rings. The third-order valence-electron chi connectivity index (χ3n) is 5.83. The van der Waals surface area contributed by atoms with Crippen molar-refractivity contribution in [3.8, 4) is 0 Å². The van der Waals surface area contributed by atoms with E-state index in [9.17, 15) is 9.36 Å². The van der Waals surface area contributed by atoms with Gasteiger partial charge in [0.25, 0.3) is 7.37 Å². The van der Waals surface area contributed by atoms with E-state index >= 15 is 0 Å². The molecule has 0 aliphatic carbocycles. The first-order valence-corrected chi connectivity index (χ1v) is 12.0. The van der Waals surface area contributed by atoms with Gasteiger partial charge >= 0.3 is 0 Å². The van der Waals surface area contributed by atoms with E-state index in [1.807, 2.05) is 110 Å².